The van der Waals surface area contributed by atoms with E-state index in [-0.39, 0.29) is 0 Å². The largest absolute Gasteiger partial charge is 0.497 e. The first kappa shape index (κ1) is 14.8. The van der Waals surface area contributed by atoms with Gasteiger partial charge < -0.3 is 19.7 Å². The molecule has 4 nitrogen and oxygen atoms in total. The lowest BCUT2D eigenvalue weighted by Crippen LogP contribution is -2.49. The second-order valence-electron chi connectivity index (χ2n) is 5.19. The molecule has 0 amide bonds. The van der Waals surface area contributed by atoms with Crippen LogP contribution in [0.5, 0.6) is 11.5 Å². The van der Waals surface area contributed by atoms with E-state index < -0.39 is 11.2 Å². The molecule has 0 radical (unpaired) electrons. The summed E-state index contributed by atoms with van der Waals surface area (Å²) in [5, 5.41) is 20.3. The van der Waals surface area contributed by atoms with Crippen molar-refractivity contribution in [2.45, 2.75) is 38.4 Å². The van der Waals surface area contributed by atoms with Gasteiger partial charge in [-0.3, -0.25) is 0 Å². The third kappa shape index (κ3) is 3.15. The molecule has 1 aromatic carbocycles. The van der Waals surface area contributed by atoms with E-state index in [9.17, 15) is 10.2 Å². The van der Waals surface area contributed by atoms with Crippen LogP contribution in [0.25, 0.3) is 0 Å². The molecule has 0 bridgehead atoms. The standard InChI is InChI=1S/C14H22O4/c1-13(2,15)14(3,16)9-10-6-7-11(17-4)8-12(10)18-5/h6-8,15-16H,9H2,1-5H3. The molecule has 0 fully saturated rings. The van der Waals surface area contributed by atoms with Crippen LogP contribution in [0.3, 0.4) is 0 Å². The first-order valence-electron chi connectivity index (χ1n) is 5.87. The van der Waals surface area contributed by atoms with Gasteiger partial charge in [0.2, 0.25) is 0 Å². The normalized spacial score (nSPS) is 15.1. The minimum absolute atomic E-state index is 0.295. The van der Waals surface area contributed by atoms with Gasteiger partial charge >= 0.3 is 0 Å². The van der Waals surface area contributed by atoms with Gasteiger partial charge in [0.15, 0.2) is 0 Å². The van der Waals surface area contributed by atoms with Crippen LogP contribution in [0.2, 0.25) is 0 Å². The molecule has 0 saturated heterocycles. The molecule has 2 N–H and O–H groups in total. The molecule has 0 aromatic heterocycles. The maximum Gasteiger partial charge on any atom is 0.125 e. The van der Waals surface area contributed by atoms with Crippen LogP contribution in [-0.2, 0) is 6.42 Å². The highest BCUT2D eigenvalue weighted by Crippen LogP contribution is 2.31. The highest BCUT2D eigenvalue weighted by molar-refractivity contribution is 5.41. The Kier molecular flexibility index (Phi) is 4.24. The van der Waals surface area contributed by atoms with Gasteiger partial charge in [-0.25, -0.2) is 0 Å². The second-order valence-corrected chi connectivity index (χ2v) is 5.19. The summed E-state index contributed by atoms with van der Waals surface area (Å²) >= 11 is 0. The molecule has 1 atom stereocenters. The van der Waals surface area contributed by atoms with Crippen LogP contribution < -0.4 is 9.47 Å². The molecule has 102 valence electrons. The predicted molar refractivity (Wildman–Crippen MR) is 70.2 cm³/mol. The van der Waals surface area contributed by atoms with Gasteiger partial charge in [-0.2, -0.15) is 0 Å². The minimum Gasteiger partial charge on any atom is -0.497 e. The van der Waals surface area contributed by atoms with Crippen molar-refractivity contribution in [3.63, 3.8) is 0 Å². The summed E-state index contributed by atoms with van der Waals surface area (Å²) in [7, 11) is 3.15. The van der Waals surface area contributed by atoms with Gasteiger partial charge in [0.25, 0.3) is 0 Å². The third-order valence-electron chi connectivity index (χ3n) is 3.35. The van der Waals surface area contributed by atoms with Crippen LogP contribution >= 0.6 is 0 Å². The summed E-state index contributed by atoms with van der Waals surface area (Å²) in [6.45, 7) is 4.78. The first-order valence-corrected chi connectivity index (χ1v) is 5.87. The molecule has 0 aliphatic heterocycles. The van der Waals surface area contributed by atoms with E-state index in [1.807, 2.05) is 6.07 Å². The fourth-order valence-corrected chi connectivity index (χ4v) is 1.59. The SMILES string of the molecule is COc1ccc(CC(C)(O)C(C)(C)O)c(OC)c1. The fourth-order valence-electron chi connectivity index (χ4n) is 1.59. The zero-order valence-electron chi connectivity index (χ0n) is 11.7. The summed E-state index contributed by atoms with van der Waals surface area (Å²) in [5.41, 5.74) is -1.61. The van der Waals surface area contributed by atoms with Gasteiger partial charge in [-0.1, -0.05) is 6.07 Å². The number of rotatable bonds is 5. The third-order valence-corrected chi connectivity index (χ3v) is 3.35. The molecule has 1 aromatic rings. The molecule has 0 aliphatic carbocycles. The zero-order chi connectivity index (χ0) is 14.0. The molecule has 0 heterocycles. The van der Waals surface area contributed by atoms with Crippen molar-refractivity contribution in [3.05, 3.63) is 23.8 Å². The fraction of sp³-hybridized carbons (Fsp3) is 0.571. The zero-order valence-corrected chi connectivity index (χ0v) is 11.7. The summed E-state index contributed by atoms with van der Waals surface area (Å²) in [4.78, 5) is 0. The Morgan fingerprint density at radius 2 is 1.67 bits per heavy atom. The molecular weight excluding hydrogens is 232 g/mol. The number of hydrogen-bond acceptors (Lipinski definition) is 4. The molecule has 0 spiro atoms. The van der Waals surface area contributed by atoms with Crippen molar-refractivity contribution >= 4 is 0 Å². The van der Waals surface area contributed by atoms with Gasteiger partial charge in [0.05, 0.1) is 25.4 Å². The average molecular weight is 254 g/mol. The summed E-state index contributed by atoms with van der Waals surface area (Å²) in [6, 6.07) is 5.39. The highest BCUT2D eigenvalue weighted by atomic mass is 16.5. The maximum absolute atomic E-state index is 10.3. The van der Waals surface area contributed by atoms with E-state index in [0.717, 1.165) is 5.56 Å². The van der Waals surface area contributed by atoms with Crippen molar-refractivity contribution < 1.29 is 19.7 Å². The van der Waals surface area contributed by atoms with Gasteiger partial charge in [0, 0.05) is 12.5 Å². The summed E-state index contributed by atoms with van der Waals surface area (Å²) in [6.07, 6.45) is 0.295. The Hall–Kier alpha value is -1.26. The van der Waals surface area contributed by atoms with Crippen molar-refractivity contribution in [2.75, 3.05) is 14.2 Å². The molecular formula is C14H22O4. The Labute approximate surface area is 108 Å². The Balaban J connectivity index is 3.04. The second kappa shape index (κ2) is 5.16. The van der Waals surface area contributed by atoms with Crippen molar-refractivity contribution in [3.8, 4) is 11.5 Å². The van der Waals surface area contributed by atoms with E-state index in [0.29, 0.717) is 17.9 Å². The van der Waals surface area contributed by atoms with Crippen molar-refractivity contribution in [1.82, 2.24) is 0 Å². The maximum atomic E-state index is 10.3. The Morgan fingerprint density at radius 1 is 1.06 bits per heavy atom. The molecule has 18 heavy (non-hydrogen) atoms. The molecule has 0 aliphatic rings. The van der Waals surface area contributed by atoms with E-state index in [1.165, 1.54) is 0 Å². The molecule has 4 heteroatoms. The van der Waals surface area contributed by atoms with Crippen LogP contribution in [0.15, 0.2) is 18.2 Å². The number of aliphatic hydroxyl groups is 2. The first-order chi connectivity index (χ1) is 8.21. The van der Waals surface area contributed by atoms with E-state index in [2.05, 4.69) is 0 Å². The van der Waals surface area contributed by atoms with Crippen LogP contribution in [-0.4, -0.2) is 35.6 Å². The van der Waals surface area contributed by atoms with Crippen LogP contribution in [0.1, 0.15) is 26.3 Å². The summed E-state index contributed by atoms with van der Waals surface area (Å²) in [5.74, 6) is 1.33. The highest BCUT2D eigenvalue weighted by Gasteiger charge is 2.38. The molecule has 1 unspecified atom stereocenters. The van der Waals surface area contributed by atoms with Crippen molar-refractivity contribution in [1.29, 1.82) is 0 Å². The van der Waals surface area contributed by atoms with Gasteiger partial charge in [-0.15, -0.1) is 0 Å². The topological polar surface area (TPSA) is 58.9 Å². The number of benzene rings is 1. The van der Waals surface area contributed by atoms with E-state index in [4.69, 9.17) is 9.47 Å². The lowest BCUT2D eigenvalue weighted by Gasteiger charge is -2.36. The summed E-state index contributed by atoms with van der Waals surface area (Å²) < 4.78 is 10.4. The van der Waals surface area contributed by atoms with Gasteiger partial charge in [-0.05, 0) is 32.4 Å². The van der Waals surface area contributed by atoms with Crippen LogP contribution in [0.4, 0.5) is 0 Å². The lowest BCUT2D eigenvalue weighted by molar-refractivity contribution is -0.119. The molecule has 0 saturated carbocycles. The molecule has 1 rings (SSSR count). The average Bonchev–Trinajstić information content (AvgIpc) is 2.27. The Bertz CT molecular complexity index is 405. The minimum atomic E-state index is -1.24. The number of ether oxygens (including phenoxy) is 2. The number of methoxy groups -OCH3 is 2. The quantitative estimate of drug-likeness (QED) is 0.840. The smallest absolute Gasteiger partial charge is 0.125 e. The van der Waals surface area contributed by atoms with Crippen molar-refractivity contribution in [2.24, 2.45) is 0 Å². The van der Waals surface area contributed by atoms with E-state index in [1.54, 1.807) is 47.1 Å². The number of hydrogen-bond donors (Lipinski definition) is 2. The lowest BCUT2D eigenvalue weighted by atomic mass is 9.82. The Morgan fingerprint density at radius 3 is 2.11 bits per heavy atom. The van der Waals surface area contributed by atoms with Crippen LogP contribution in [0, 0.1) is 0 Å². The predicted octanol–water partition coefficient (Wildman–Crippen LogP) is 1.77. The van der Waals surface area contributed by atoms with Gasteiger partial charge in [0.1, 0.15) is 11.5 Å². The monoisotopic (exact) mass is 254 g/mol. The van der Waals surface area contributed by atoms with E-state index >= 15 is 0 Å².